The molecule has 1 heterocycles. The first-order valence-corrected chi connectivity index (χ1v) is 6.31. The van der Waals surface area contributed by atoms with Crippen molar-refractivity contribution in [3.63, 3.8) is 0 Å². The predicted molar refractivity (Wildman–Crippen MR) is 69.5 cm³/mol. The van der Waals surface area contributed by atoms with Crippen molar-refractivity contribution in [3.8, 4) is 0 Å². The standard InChI is InChI=1S/C13H19F2N3/c1-2-18-4-3-9(8-18)7-17-13-6-11(15)10(14)5-12(13)16/h5-6,9,17H,2-4,7-8,16H2,1H3. The van der Waals surface area contributed by atoms with Crippen LogP contribution >= 0.6 is 0 Å². The van der Waals surface area contributed by atoms with Crippen molar-refractivity contribution in [1.29, 1.82) is 0 Å². The van der Waals surface area contributed by atoms with Crippen LogP contribution in [0, 0.1) is 17.6 Å². The second-order valence-electron chi connectivity index (χ2n) is 4.78. The van der Waals surface area contributed by atoms with E-state index >= 15 is 0 Å². The van der Waals surface area contributed by atoms with Crippen molar-refractivity contribution in [2.45, 2.75) is 13.3 Å². The molecule has 18 heavy (non-hydrogen) atoms. The van der Waals surface area contributed by atoms with Gasteiger partial charge in [-0.2, -0.15) is 0 Å². The molecule has 0 bridgehead atoms. The molecule has 100 valence electrons. The summed E-state index contributed by atoms with van der Waals surface area (Å²) in [6.07, 6.45) is 1.13. The van der Waals surface area contributed by atoms with Gasteiger partial charge >= 0.3 is 0 Å². The average molecular weight is 255 g/mol. The van der Waals surface area contributed by atoms with Crippen LogP contribution in [0.15, 0.2) is 12.1 Å². The molecule has 1 aliphatic heterocycles. The highest BCUT2D eigenvalue weighted by atomic mass is 19.2. The summed E-state index contributed by atoms with van der Waals surface area (Å²) in [4.78, 5) is 2.38. The van der Waals surface area contributed by atoms with Crippen molar-refractivity contribution in [1.82, 2.24) is 4.90 Å². The number of hydrogen-bond donors (Lipinski definition) is 2. The second-order valence-corrected chi connectivity index (χ2v) is 4.78. The normalized spacial score (nSPS) is 20.3. The Labute approximate surface area is 106 Å². The van der Waals surface area contributed by atoms with Crippen LogP contribution in [0.4, 0.5) is 20.2 Å². The van der Waals surface area contributed by atoms with Gasteiger partial charge in [-0.1, -0.05) is 6.92 Å². The van der Waals surface area contributed by atoms with Crippen molar-refractivity contribution in [2.75, 3.05) is 37.2 Å². The fourth-order valence-electron chi connectivity index (χ4n) is 2.34. The fraction of sp³-hybridized carbons (Fsp3) is 0.538. The van der Waals surface area contributed by atoms with E-state index in [0.717, 1.165) is 44.7 Å². The third kappa shape index (κ3) is 2.90. The zero-order valence-electron chi connectivity index (χ0n) is 10.5. The average Bonchev–Trinajstić information content (AvgIpc) is 2.80. The summed E-state index contributed by atoms with van der Waals surface area (Å²) in [7, 11) is 0. The van der Waals surface area contributed by atoms with Gasteiger partial charge in [0.2, 0.25) is 0 Å². The first-order valence-electron chi connectivity index (χ1n) is 6.31. The summed E-state index contributed by atoms with van der Waals surface area (Å²) in [5, 5.41) is 3.11. The molecule has 0 radical (unpaired) electrons. The zero-order chi connectivity index (χ0) is 13.1. The van der Waals surface area contributed by atoms with Gasteiger partial charge in [-0.15, -0.1) is 0 Å². The van der Waals surface area contributed by atoms with Crippen LogP contribution in [0.3, 0.4) is 0 Å². The molecule has 1 aliphatic rings. The number of nitrogens with zero attached hydrogens (tertiary/aromatic N) is 1. The lowest BCUT2D eigenvalue weighted by molar-refractivity contribution is 0.345. The minimum atomic E-state index is -0.906. The van der Waals surface area contributed by atoms with Crippen molar-refractivity contribution < 1.29 is 8.78 Å². The summed E-state index contributed by atoms with van der Waals surface area (Å²) in [6, 6.07) is 2.14. The summed E-state index contributed by atoms with van der Waals surface area (Å²) in [6.45, 7) is 6.10. The largest absolute Gasteiger partial charge is 0.397 e. The summed E-state index contributed by atoms with van der Waals surface area (Å²) in [5.41, 5.74) is 6.37. The van der Waals surface area contributed by atoms with E-state index in [1.165, 1.54) is 0 Å². The van der Waals surface area contributed by atoms with E-state index in [2.05, 4.69) is 17.1 Å². The van der Waals surface area contributed by atoms with E-state index in [-0.39, 0.29) is 5.69 Å². The number of benzene rings is 1. The summed E-state index contributed by atoms with van der Waals surface area (Å²) < 4.78 is 26.0. The quantitative estimate of drug-likeness (QED) is 0.811. The van der Waals surface area contributed by atoms with E-state index in [1.54, 1.807) is 0 Å². The van der Waals surface area contributed by atoms with Crippen LogP contribution in [0.5, 0.6) is 0 Å². The SMILES string of the molecule is CCN1CCC(CNc2cc(F)c(F)cc2N)C1. The van der Waals surface area contributed by atoms with Crippen molar-refractivity contribution in [2.24, 2.45) is 5.92 Å². The molecule has 0 saturated carbocycles. The van der Waals surface area contributed by atoms with E-state index in [1.807, 2.05) is 0 Å². The first-order chi connectivity index (χ1) is 8.60. The van der Waals surface area contributed by atoms with Crippen LogP contribution in [0.2, 0.25) is 0 Å². The van der Waals surface area contributed by atoms with Gasteiger partial charge < -0.3 is 16.0 Å². The van der Waals surface area contributed by atoms with E-state index in [0.29, 0.717) is 11.6 Å². The molecular formula is C13H19F2N3. The highest BCUT2D eigenvalue weighted by Crippen LogP contribution is 2.23. The van der Waals surface area contributed by atoms with E-state index < -0.39 is 11.6 Å². The molecule has 1 aromatic rings. The molecular weight excluding hydrogens is 236 g/mol. The Hall–Kier alpha value is -1.36. The highest BCUT2D eigenvalue weighted by molar-refractivity contribution is 5.66. The minimum Gasteiger partial charge on any atom is -0.397 e. The lowest BCUT2D eigenvalue weighted by Gasteiger charge is -2.15. The number of nitrogens with two attached hydrogens (primary N) is 1. The Kier molecular flexibility index (Phi) is 4.01. The number of likely N-dealkylation sites (tertiary alicyclic amines) is 1. The molecule has 0 aromatic heterocycles. The van der Waals surface area contributed by atoms with Gasteiger partial charge in [-0.25, -0.2) is 8.78 Å². The lowest BCUT2D eigenvalue weighted by atomic mass is 10.1. The molecule has 5 heteroatoms. The van der Waals surface area contributed by atoms with Gasteiger partial charge in [0.25, 0.3) is 0 Å². The molecule has 3 N–H and O–H groups in total. The van der Waals surface area contributed by atoms with Crippen molar-refractivity contribution >= 4 is 11.4 Å². The molecule has 1 fully saturated rings. The summed E-state index contributed by atoms with van der Waals surface area (Å²) in [5.74, 6) is -1.23. The number of anilines is 2. The molecule has 1 atom stereocenters. The lowest BCUT2D eigenvalue weighted by Crippen LogP contribution is -2.22. The number of hydrogen-bond acceptors (Lipinski definition) is 3. The highest BCUT2D eigenvalue weighted by Gasteiger charge is 2.21. The number of nitrogens with one attached hydrogen (secondary N) is 1. The van der Waals surface area contributed by atoms with Crippen LogP contribution in [-0.2, 0) is 0 Å². The van der Waals surface area contributed by atoms with Gasteiger partial charge in [0, 0.05) is 25.2 Å². The fourth-order valence-corrected chi connectivity index (χ4v) is 2.34. The number of rotatable bonds is 4. The number of halogens is 2. The Morgan fingerprint density at radius 2 is 2.11 bits per heavy atom. The third-order valence-corrected chi connectivity index (χ3v) is 3.49. The summed E-state index contributed by atoms with van der Waals surface area (Å²) >= 11 is 0. The molecule has 0 aliphatic carbocycles. The van der Waals surface area contributed by atoms with E-state index in [9.17, 15) is 8.78 Å². The molecule has 2 rings (SSSR count). The molecule has 0 amide bonds. The molecule has 1 aromatic carbocycles. The maximum Gasteiger partial charge on any atom is 0.161 e. The first kappa shape index (κ1) is 13.1. The topological polar surface area (TPSA) is 41.3 Å². The second kappa shape index (κ2) is 5.52. The van der Waals surface area contributed by atoms with Gasteiger partial charge in [0.1, 0.15) is 0 Å². The Balaban J connectivity index is 1.93. The smallest absolute Gasteiger partial charge is 0.161 e. The monoisotopic (exact) mass is 255 g/mol. The minimum absolute atomic E-state index is 0.249. The van der Waals surface area contributed by atoms with Crippen LogP contribution in [0.1, 0.15) is 13.3 Å². The maximum atomic E-state index is 13.1. The molecule has 0 spiro atoms. The predicted octanol–water partition coefficient (Wildman–Crippen LogP) is 2.30. The molecule has 1 unspecified atom stereocenters. The van der Waals surface area contributed by atoms with Gasteiger partial charge in [0.05, 0.1) is 11.4 Å². The van der Waals surface area contributed by atoms with Crippen molar-refractivity contribution in [3.05, 3.63) is 23.8 Å². The van der Waals surface area contributed by atoms with Crippen LogP contribution in [-0.4, -0.2) is 31.1 Å². The third-order valence-electron chi connectivity index (χ3n) is 3.49. The van der Waals surface area contributed by atoms with Gasteiger partial charge in [0.15, 0.2) is 11.6 Å². The maximum absolute atomic E-state index is 13.1. The molecule has 1 saturated heterocycles. The molecule has 3 nitrogen and oxygen atoms in total. The van der Waals surface area contributed by atoms with Crippen LogP contribution < -0.4 is 11.1 Å². The van der Waals surface area contributed by atoms with Gasteiger partial charge in [-0.3, -0.25) is 0 Å². The Bertz CT molecular complexity index is 423. The Morgan fingerprint density at radius 3 is 2.78 bits per heavy atom. The zero-order valence-corrected chi connectivity index (χ0v) is 10.5. The van der Waals surface area contributed by atoms with Crippen LogP contribution in [0.25, 0.3) is 0 Å². The Morgan fingerprint density at radius 1 is 1.39 bits per heavy atom. The number of nitrogen functional groups attached to an aromatic ring is 1. The van der Waals surface area contributed by atoms with E-state index in [4.69, 9.17) is 5.73 Å². The van der Waals surface area contributed by atoms with Gasteiger partial charge in [-0.05, 0) is 25.4 Å².